The predicted molar refractivity (Wildman–Crippen MR) is 113 cm³/mol. The first-order chi connectivity index (χ1) is 15.2. The molecule has 0 atom stereocenters. The molecule has 0 spiro atoms. The number of benzene rings is 1. The quantitative estimate of drug-likeness (QED) is 0.508. The second kappa shape index (κ2) is 8.39. The minimum atomic E-state index is -2.97. The van der Waals surface area contributed by atoms with E-state index in [0.717, 1.165) is 23.5 Å². The zero-order valence-electron chi connectivity index (χ0n) is 16.8. The lowest BCUT2D eigenvalue weighted by atomic mass is 10.2. The molecular weight excluding hydrogens is 450 g/mol. The molecule has 1 aliphatic heterocycles. The molecule has 0 saturated carbocycles. The number of aryl methyl sites for hydroxylation is 1. The van der Waals surface area contributed by atoms with Gasteiger partial charge in [0.05, 0.1) is 24.8 Å². The predicted octanol–water partition coefficient (Wildman–Crippen LogP) is 2.70. The third-order valence-electron chi connectivity index (χ3n) is 4.86. The van der Waals surface area contributed by atoms with Crippen LogP contribution in [0.2, 0.25) is 0 Å². The minimum Gasteiger partial charge on any atom is -0.389 e. The van der Waals surface area contributed by atoms with E-state index in [1.165, 1.54) is 21.8 Å². The Balaban J connectivity index is 1.62. The lowest BCUT2D eigenvalue weighted by molar-refractivity contribution is 0.0155. The second-order valence-electron chi connectivity index (χ2n) is 7.24. The van der Waals surface area contributed by atoms with Gasteiger partial charge in [-0.2, -0.15) is 5.10 Å². The van der Waals surface area contributed by atoms with Crippen molar-refractivity contribution < 1.29 is 22.4 Å². The number of nitrogen functional groups attached to an aromatic ring is 1. The minimum absolute atomic E-state index is 0.0453. The van der Waals surface area contributed by atoms with Crippen molar-refractivity contribution in [2.24, 2.45) is 7.05 Å². The van der Waals surface area contributed by atoms with E-state index >= 15 is 0 Å². The standard InChI is InChI=1S/C19H19F4N7OS/c1-29-18(30-6-5-25-8-19(22,23)9-30)12(7-26-29)27-16(31)14-15(24)32-17(28-14)13-10(20)3-2-4-11(13)21/h2-4,7,25H,5-6,8-9,24H2,1H3,(H,27,31). The summed E-state index contributed by atoms with van der Waals surface area (Å²) in [7, 11) is 1.57. The van der Waals surface area contributed by atoms with Crippen LogP contribution in [0.4, 0.5) is 34.1 Å². The SMILES string of the molecule is Cn1ncc(NC(=O)c2nc(-c3c(F)cccc3F)sc2N)c1N1CCNCC(F)(F)C1. The summed E-state index contributed by atoms with van der Waals surface area (Å²) in [5.74, 6) is -5.11. The van der Waals surface area contributed by atoms with Gasteiger partial charge in [-0.25, -0.2) is 22.5 Å². The summed E-state index contributed by atoms with van der Waals surface area (Å²) in [6.45, 7) is -0.413. The number of alkyl halides is 2. The fraction of sp³-hybridized carbons (Fsp3) is 0.316. The first kappa shape index (κ1) is 22.0. The topological polar surface area (TPSA) is 101 Å². The van der Waals surface area contributed by atoms with Gasteiger partial charge in [-0.3, -0.25) is 9.48 Å². The van der Waals surface area contributed by atoms with E-state index in [4.69, 9.17) is 5.73 Å². The smallest absolute Gasteiger partial charge is 0.277 e. The Bertz CT molecular complexity index is 1140. The number of carbonyl (C=O) groups is 1. The van der Waals surface area contributed by atoms with Crippen molar-refractivity contribution in [3.63, 3.8) is 0 Å². The highest BCUT2D eigenvalue weighted by Crippen LogP contribution is 2.34. The number of halogens is 4. The number of nitrogens with two attached hydrogens (primary N) is 1. The fourth-order valence-electron chi connectivity index (χ4n) is 3.46. The molecule has 1 fully saturated rings. The van der Waals surface area contributed by atoms with Crippen LogP contribution < -0.4 is 21.3 Å². The number of amides is 1. The molecule has 0 aliphatic carbocycles. The number of rotatable bonds is 4. The molecule has 1 aromatic carbocycles. The molecule has 3 heterocycles. The van der Waals surface area contributed by atoms with Crippen LogP contribution in [-0.2, 0) is 7.05 Å². The van der Waals surface area contributed by atoms with Gasteiger partial charge in [-0.1, -0.05) is 17.4 Å². The van der Waals surface area contributed by atoms with E-state index in [9.17, 15) is 22.4 Å². The molecule has 2 aromatic heterocycles. The lowest BCUT2D eigenvalue weighted by Crippen LogP contribution is -2.39. The number of nitrogens with zero attached hydrogens (tertiary/aromatic N) is 4. The maximum absolute atomic E-state index is 14.1. The van der Waals surface area contributed by atoms with Crippen molar-refractivity contribution in [1.29, 1.82) is 0 Å². The molecule has 3 aromatic rings. The molecule has 170 valence electrons. The average Bonchev–Trinajstić information content (AvgIpc) is 3.20. The Labute approximate surface area is 184 Å². The van der Waals surface area contributed by atoms with Crippen LogP contribution in [0, 0.1) is 11.6 Å². The summed E-state index contributed by atoms with van der Waals surface area (Å²) in [5, 5.41) is 9.18. The number of hydrogen-bond acceptors (Lipinski definition) is 7. The Kier molecular flexibility index (Phi) is 5.77. The highest BCUT2D eigenvalue weighted by atomic mass is 32.1. The molecule has 1 amide bonds. The van der Waals surface area contributed by atoms with Gasteiger partial charge >= 0.3 is 0 Å². The number of thiazole rings is 1. The van der Waals surface area contributed by atoms with E-state index in [1.54, 1.807) is 7.05 Å². The zero-order valence-corrected chi connectivity index (χ0v) is 17.6. The summed E-state index contributed by atoms with van der Waals surface area (Å²) in [6.07, 6.45) is 1.32. The number of anilines is 3. The third-order valence-corrected chi connectivity index (χ3v) is 5.77. The van der Waals surface area contributed by atoms with E-state index in [-0.39, 0.29) is 39.3 Å². The van der Waals surface area contributed by atoms with Crippen LogP contribution in [0.1, 0.15) is 10.5 Å². The molecule has 4 rings (SSSR count). The Morgan fingerprint density at radius 3 is 2.75 bits per heavy atom. The summed E-state index contributed by atoms with van der Waals surface area (Å²) >= 11 is 0.762. The molecule has 0 bridgehead atoms. The van der Waals surface area contributed by atoms with Gasteiger partial charge in [-0.15, -0.1) is 0 Å². The van der Waals surface area contributed by atoms with Gasteiger partial charge in [-0.05, 0) is 12.1 Å². The largest absolute Gasteiger partial charge is 0.389 e. The van der Waals surface area contributed by atoms with Crippen LogP contribution in [0.15, 0.2) is 24.4 Å². The number of nitrogens with one attached hydrogen (secondary N) is 2. The molecule has 0 unspecified atom stereocenters. The van der Waals surface area contributed by atoms with E-state index < -0.39 is 36.6 Å². The van der Waals surface area contributed by atoms with Crippen LogP contribution in [0.3, 0.4) is 0 Å². The fourth-order valence-corrected chi connectivity index (χ4v) is 4.34. The Morgan fingerprint density at radius 1 is 1.31 bits per heavy atom. The van der Waals surface area contributed by atoms with Gasteiger partial charge < -0.3 is 21.3 Å². The van der Waals surface area contributed by atoms with Gasteiger partial charge in [0.15, 0.2) is 11.5 Å². The van der Waals surface area contributed by atoms with E-state index in [2.05, 4.69) is 20.7 Å². The van der Waals surface area contributed by atoms with Crippen molar-refractivity contribution in [3.05, 3.63) is 41.7 Å². The number of carbonyl (C=O) groups excluding carboxylic acids is 1. The average molecular weight is 469 g/mol. The van der Waals surface area contributed by atoms with Gasteiger partial charge in [0.25, 0.3) is 11.8 Å². The van der Waals surface area contributed by atoms with Crippen LogP contribution in [-0.4, -0.2) is 52.8 Å². The third kappa shape index (κ3) is 4.25. The molecule has 32 heavy (non-hydrogen) atoms. The Morgan fingerprint density at radius 2 is 2.03 bits per heavy atom. The molecule has 0 radical (unpaired) electrons. The summed E-state index contributed by atoms with van der Waals surface area (Å²) in [6, 6.07) is 3.36. The maximum Gasteiger partial charge on any atom is 0.277 e. The highest BCUT2D eigenvalue weighted by molar-refractivity contribution is 7.19. The van der Waals surface area contributed by atoms with Crippen LogP contribution >= 0.6 is 11.3 Å². The molecule has 13 heteroatoms. The molecule has 8 nitrogen and oxygen atoms in total. The lowest BCUT2D eigenvalue weighted by Gasteiger charge is -2.26. The molecule has 4 N–H and O–H groups in total. The normalized spacial score (nSPS) is 16.1. The zero-order chi connectivity index (χ0) is 23.0. The van der Waals surface area contributed by atoms with Crippen molar-refractivity contribution in [1.82, 2.24) is 20.1 Å². The first-order valence-electron chi connectivity index (χ1n) is 9.54. The van der Waals surface area contributed by atoms with E-state index in [0.29, 0.717) is 6.54 Å². The maximum atomic E-state index is 14.1. The summed E-state index contributed by atoms with van der Waals surface area (Å²) < 4.78 is 57.7. The number of aromatic nitrogens is 3. The molecule has 1 saturated heterocycles. The highest BCUT2D eigenvalue weighted by Gasteiger charge is 2.35. The van der Waals surface area contributed by atoms with Crippen LogP contribution in [0.25, 0.3) is 10.6 Å². The molecular formula is C19H19F4N7OS. The molecule has 1 aliphatic rings. The van der Waals surface area contributed by atoms with Gasteiger partial charge in [0, 0.05) is 20.1 Å². The van der Waals surface area contributed by atoms with Crippen LogP contribution in [0.5, 0.6) is 0 Å². The van der Waals surface area contributed by atoms with E-state index in [1.807, 2.05) is 0 Å². The van der Waals surface area contributed by atoms with Crippen molar-refractivity contribution in [3.8, 4) is 10.6 Å². The van der Waals surface area contributed by atoms with Gasteiger partial charge in [0.2, 0.25) is 0 Å². The monoisotopic (exact) mass is 469 g/mol. The first-order valence-corrected chi connectivity index (χ1v) is 10.4. The second-order valence-corrected chi connectivity index (χ2v) is 8.27. The summed E-state index contributed by atoms with van der Waals surface area (Å²) in [4.78, 5) is 18.3. The van der Waals surface area contributed by atoms with Crippen molar-refractivity contribution >= 4 is 33.8 Å². The van der Waals surface area contributed by atoms with Crippen molar-refractivity contribution in [2.75, 3.05) is 42.1 Å². The summed E-state index contributed by atoms with van der Waals surface area (Å²) in [5.41, 5.74) is 5.45. The van der Waals surface area contributed by atoms with Gasteiger partial charge in [0.1, 0.15) is 27.3 Å². The number of hydrogen-bond donors (Lipinski definition) is 3. The van der Waals surface area contributed by atoms with Crippen molar-refractivity contribution in [2.45, 2.75) is 5.92 Å². The Hall–Kier alpha value is -3.19.